The topological polar surface area (TPSA) is 79.3 Å². The van der Waals surface area contributed by atoms with Crippen LogP contribution < -0.4 is 9.47 Å². The van der Waals surface area contributed by atoms with Gasteiger partial charge >= 0.3 is 0 Å². The summed E-state index contributed by atoms with van der Waals surface area (Å²) in [7, 11) is 1.56. The number of carbonyl (C=O) groups is 2. The molecule has 1 aliphatic rings. The van der Waals surface area contributed by atoms with E-state index in [1.807, 2.05) is 68.4 Å². The Morgan fingerprint density at radius 2 is 1.68 bits per heavy atom. The molecule has 1 amide bonds. The van der Waals surface area contributed by atoms with Gasteiger partial charge in [0.1, 0.15) is 12.4 Å². The molecule has 4 rings (SSSR count). The van der Waals surface area contributed by atoms with Crippen molar-refractivity contribution < 1.29 is 24.2 Å². The van der Waals surface area contributed by atoms with Gasteiger partial charge < -0.3 is 24.4 Å². The first kappa shape index (κ1) is 28.9. The molecular weight excluding hydrogens is 504 g/mol. The van der Waals surface area contributed by atoms with Gasteiger partial charge in [-0.25, -0.2) is 0 Å². The summed E-state index contributed by atoms with van der Waals surface area (Å²) >= 11 is 0. The minimum absolute atomic E-state index is 0.0817. The van der Waals surface area contributed by atoms with Crippen LogP contribution >= 0.6 is 0 Å². The van der Waals surface area contributed by atoms with E-state index in [1.165, 1.54) is 0 Å². The molecule has 0 spiro atoms. The summed E-state index contributed by atoms with van der Waals surface area (Å²) < 4.78 is 11.7. The summed E-state index contributed by atoms with van der Waals surface area (Å²) in [5, 5.41) is 11.5. The number of aryl methyl sites for hydroxylation is 2. The Balaban J connectivity index is 1.78. The number of aliphatic hydroxyl groups excluding tert-OH is 1. The SMILES string of the molecule is CCN(CC)CCN1C(=O)C(=O)C(=C(O)c2cc(C)ccc2C)C1c1ccc(OCc2ccccc2)c(OC)c1. The van der Waals surface area contributed by atoms with Crippen LogP contribution in [0.5, 0.6) is 11.5 Å². The molecule has 1 heterocycles. The van der Waals surface area contributed by atoms with Crippen LogP contribution in [-0.2, 0) is 16.2 Å². The largest absolute Gasteiger partial charge is 0.507 e. The molecule has 0 aliphatic carbocycles. The van der Waals surface area contributed by atoms with E-state index in [9.17, 15) is 14.7 Å². The quantitative estimate of drug-likeness (QED) is 0.192. The number of likely N-dealkylation sites (N-methyl/N-ethyl adjacent to an activating group) is 1. The molecule has 40 heavy (non-hydrogen) atoms. The lowest BCUT2D eigenvalue weighted by Gasteiger charge is -2.28. The van der Waals surface area contributed by atoms with E-state index in [-0.39, 0.29) is 11.3 Å². The van der Waals surface area contributed by atoms with E-state index in [0.29, 0.717) is 42.3 Å². The lowest BCUT2D eigenvalue weighted by molar-refractivity contribution is -0.140. The van der Waals surface area contributed by atoms with Crippen LogP contribution in [0.25, 0.3) is 5.76 Å². The number of methoxy groups -OCH3 is 1. The maximum absolute atomic E-state index is 13.5. The fourth-order valence-electron chi connectivity index (χ4n) is 5.09. The standard InChI is InChI=1S/C33H38N2O5/c1-6-34(7-2)17-18-35-30(29(32(37)33(35)38)31(36)26-19-22(3)13-14-23(26)4)25-15-16-27(28(20-25)39-5)40-21-24-11-9-8-10-12-24/h8-16,19-20,30,36H,6-7,17-18,21H2,1-5H3. The van der Waals surface area contributed by atoms with Crippen molar-refractivity contribution >= 4 is 17.4 Å². The Bertz CT molecular complexity index is 1400. The average Bonchev–Trinajstić information content (AvgIpc) is 3.23. The van der Waals surface area contributed by atoms with Crippen LogP contribution in [0.15, 0.2) is 72.3 Å². The molecule has 1 fully saturated rings. The fraction of sp³-hybridized carbons (Fsp3) is 0.333. The molecule has 7 heteroatoms. The lowest BCUT2D eigenvalue weighted by atomic mass is 9.93. The number of Topliss-reactive ketones (excluding diaryl/α,β-unsaturated/α-hetero) is 1. The Labute approximate surface area is 236 Å². The normalized spacial score (nSPS) is 16.6. The molecule has 1 saturated heterocycles. The van der Waals surface area contributed by atoms with Gasteiger partial charge in [-0.15, -0.1) is 0 Å². The summed E-state index contributed by atoms with van der Waals surface area (Å²) in [5.74, 6) is -0.448. The zero-order valence-corrected chi connectivity index (χ0v) is 23.9. The molecule has 0 bridgehead atoms. The molecule has 3 aromatic rings. The van der Waals surface area contributed by atoms with Crippen LogP contribution in [-0.4, -0.2) is 59.9 Å². The number of ketones is 1. The minimum atomic E-state index is -0.771. The van der Waals surface area contributed by atoms with Crippen molar-refractivity contribution in [2.24, 2.45) is 0 Å². The third-order valence-corrected chi connectivity index (χ3v) is 7.48. The number of ether oxygens (including phenoxy) is 2. The van der Waals surface area contributed by atoms with Gasteiger partial charge in [0.15, 0.2) is 11.5 Å². The van der Waals surface area contributed by atoms with Crippen molar-refractivity contribution in [1.29, 1.82) is 0 Å². The van der Waals surface area contributed by atoms with E-state index in [4.69, 9.17) is 9.47 Å². The fourth-order valence-corrected chi connectivity index (χ4v) is 5.09. The number of nitrogens with zero attached hydrogens (tertiary/aromatic N) is 2. The summed E-state index contributed by atoms with van der Waals surface area (Å²) in [5.41, 5.74) is 4.07. The first-order chi connectivity index (χ1) is 19.3. The predicted molar refractivity (Wildman–Crippen MR) is 156 cm³/mol. The van der Waals surface area contributed by atoms with Gasteiger partial charge in [-0.05, 0) is 61.8 Å². The van der Waals surface area contributed by atoms with Gasteiger partial charge in [0.25, 0.3) is 11.7 Å². The number of rotatable bonds is 11. The Hall–Kier alpha value is -4.10. The summed E-state index contributed by atoms with van der Waals surface area (Å²) in [4.78, 5) is 30.7. The molecule has 1 N–H and O–H groups in total. The van der Waals surface area contributed by atoms with Crippen LogP contribution in [0.3, 0.4) is 0 Å². The van der Waals surface area contributed by atoms with Crippen molar-refractivity contribution in [2.75, 3.05) is 33.3 Å². The molecule has 1 unspecified atom stereocenters. The Kier molecular flexibility index (Phi) is 9.27. The van der Waals surface area contributed by atoms with E-state index in [1.54, 1.807) is 24.1 Å². The zero-order valence-electron chi connectivity index (χ0n) is 23.9. The van der Waals surface area contributed by atoms with Gasteiger partial charge in [0.05, 0.1) is 18.7 Å². The maximum Gasteiger partial charge on any atom is 0.295 e. The van der Waals surface area contributed by atoms with Crippen LogP contribution in [0.1, 0.15) is 47.7 Å². The van der Waals surface area contributed by atoms with Gasteiger partial charge in [0.2, 0.25) is 0 Å². The van der Waals surface area contributed by atoms with Crippen molar-refractivity contribution in [1.82, 2.24) is 9.80 Å². The van der Waals surface area contributed by atoms with E-state index in [2.05, 4.69) is 18.7 Å². The molecule has 1 atom stereocenters. The number of hydrogen-bond donors (Lipinski definition) is 1. The number of aliphatic hydroxyl groups is 1. The second-order valence-electron chi connectivity index (χ2n) is 10.0. The second-order valence-corrected chi connectivity index (χ2v) is 10.0. The Morgan fingerprint density at radius 3 is 2.35 bits per heavy atom. The summed E-state index contributed by atoms with van der Waals surface area (Å²) in [6.45, 7) is 10.9. The highest BCUT2D eigenvalue weighted by molar-refractivity contribution is 6.46. The second kappa shape index (κ2) is 12.8. The summed E-state index contributed by atoms with van der Waals surface area (Å²) in [6.07, 6.45) is 0. The average molecular weight is 543 g/mol. The number of amides is 1. The first-order valence-corrected chi connectivity index (χ1v) is 13.7. The van der Waals surface area contributed by atoms with E-state index in [0.717, 1.165) is 29.8 Å². The van der Waals surface area contributed by atoms with Crippen molar-refractivity contribution in [2.45, 2.75) is 40.3 Å². The van der Waals surface area contributed by atoms with Crippen LogP contribution in [0, 0.1) is 13.8 Å². The summed E-state index contributed by atoms with van der Waals surface area (Å²) in [6, 6.07) is 20.2. The highest BCUT2D eigenvalue weighted by Gasteiger charge is 2.46. The number of hydrogen-bond acceptors (Lipinski definition) is 6. The third-order valence-electron chi connectivity index (χ3n) is 7.48. The lowest BCUT2D eigenvalue weighted by Crippen LogP contribution is -2.38. The van der Waals surface area contributed by atoms with Gasteiger partial charge in [-0.1, -0.05) is 67.9 Å². The van der Waals surface area contributed by atoms with Gasteiger partial charge in [-0.2, -0.15) is 0 Å². The molecule has 210 valence electrons. The smallest absolute Gasteiger partial charge is 0.295 e. The van der Waals surface area contributed by atoms with Crippen LogP contribution in [0.2, 0.25) is 0 Å². The molecule has 0 radical (unpaired) electrons. The molecule has 0 saturated carbocycles. The van der Waals surface area contributed by atoms with Gasteiger partial charge in [-0.3, -0.25) is 9.59 Å². The van der Waals surface area contributed by atoms with E-state index >= 15 is 0 Å². The zero-order chi connectivity index (χ0) is 28.8. The van der Waals surface area contributed by atoms with Crippen molar-refractivity contribution in [3.8, 4) is 11.5 Å². The monoisotopic (exact) mass is 542 g/mol. The maximum atomic E-state index is 13.5. The van der Waals surface area contributed by atoms with Gasteiger partial charge in [0, 0.05) is 18.7 Å². The van der Waals surface area contributed by atoms with E-state index < -0.39 is 17.7 Å². The molecule has 7 nitrogen and oxygen atoms in total. The third kappa shape index (κ3) is 6.05. The highest BCUT2D eigenvalue weighted by Crippen LogP contribution is 2.42. The molecule has 0 aromatic heterocycles. The number of likely N-dealkylation sites (tertiary alicyclic amines) is 1. The predicted octanol–water partition coefficient (Wildman–Crippen LogP) is 5.65. The first-order valence-electron chi connectivity index (χ1n) is 13.7. The van der Waals surface area contributed by atoms with Crippen molar-refractivity contribution in [3.63, 3.8) is 0 Å². The molecular formula is C33H38N2O5. The molecule has 3 aromatic carbocycles. The highest BCUT2D eigenvalue weighted by atomic mass is 16.5. The number of benzene rings is 3. The van der Waals surface area contributed by atoms with Crippen LogP contribution in [0.4, 0.5) is 0 Å². The van der Waals surface area contributed by atoms with Crippen molar-refractivity contribution in [3.05, 3.63) is 100 Å². The Morgan fingerprint density at radius 1 is 0.950 bits per heavy atom. The molecule has 1 aliphatic heterocycles. The number of carbonyl (C=O) groups excluding carboxylic acids is 2. The minimum Gasteiger partial charge on any atom is -0.507 e.